The number of pyridine rings is 1. The highest BCUT2D eigenvalue weighted by Gasteiger charge is 2.21. The SMILES string of the molecule is COc1ccc(N(Cc2cc(=O)[nH]c3ccccc23)C(=O)c2ccc([N+](=O)[O-])cc2)cc1. The molecular weight excluding hydrogens is 410 g/mol. The van der Waals surface area contributed by atoms with Gasteiger partial charge in [-0.2, -0.15) is 0 Å². The number of hydrogen-bond donors (Lipinski definition) is 1. The summed E-state index contributed by atoms with van der Waals surface area (Å²) < 4.78 is 5.21. The summed E-state index contributed by atoms with van der Waals surface area (Å²) in [5.74, 6) is 0.285. The Bertz CT molecular complexity index is 1340. The number of carbonyl (C=O) groups excluding carboxylic acids is 1. The Hall–Kier alpha value is -4.46. The molecule has 3 aromatic carbocycles. The first kappa shape index (κ1) is 20.8. The Labute approximate surface area is 182 Å². The Morgan fingerprint density at radius 2 is 1.72 bits per heavy atom. The van der Waals surface area contributed by atoms with Crippen molar-refractivity contribution in [1.82, 2.24) is 4.98 Å². The molecule has 0 unspecified atom stereocenters. The quantitative estimate of drug-likeness (QED) is 0.364. The highest BCUT2D eigenvalue weighted by molar-refractivity contribution is 6.06. The standard InChI is InChI=1S/C24H19N3O5/c1-32-20-12-10-18(11-13-20)26(24(29)16-6-8-19(9-7-16)27(30)31)15-17-14-23(28)25-22-5-3-2-4-21(17)22/h2-14H,15H2,1H3,(H,25,28). The molecule has 4 aromatic rings. The minimum absolute atomic E-state index is 0.0989. The fraction of sp³-hybridized carbons (Fsp3) is 0.0833. The maximum atomic E-state index is 13.4. The van der Waals surface area contributed by atoms with Crippen molar-refractivity contribution in [3.8, 4) is 5.75 Å². The first-order chi connectivity index (χ1) is 15.5. The summed E-state index contributed by atoms with van der Waals surface area (Å²) in [4.78, 5) is 40.4. The third kappa shape index (κ3) is 4.20. The number of amides is 1. The summed E-state index contributed by atoms with van der Waals surface area (Å²) in [5.41, 5.74) is 1.87. The molecule has 8 heteroatoms. The van der Waals surface area contributed by atoms with E-state index in [0.717, 1.165) is 5.39 Å². The van der Waals surface area contributed by atoms with Crippen LogP contribution in [0.4, 0.5) is 11.4 Å². The molecule has 0 aliphatic heterocycles. The average molecular weight is 429 g/mol. The van der Waals surface area contributed by atoms with Gasteiger partial charge < -0.3 is 14.6 Å². The van der Waals surface area contributed by atoms with Crippen LogP contribution in [0.25, 0.3) is 10.9 Å². The van der Waals surface area contributed by atoms with Gasteiger partial charge in [0.1, 0.15) is 5.75 Å². The van der Waals surface area contributed by atoms with Gasteiger partial charge in [-0.3, -0.25) is 19.7 Å². The monoisotopic (exact) mass is 429 g/mol. The number of nitrogens with zero attached hydrogens (tertiary/aromatic N) is 2. The summed E-state index contributed by atoms with van der Waals surface area (Å²) in [6.45, 7) is 0.132. The van der Waals surface area contributed by atoms with Gasteiger partial charge in [0.25, 0.3) is 11.6 Å². The number of aromatic amines is 1. The molecule has 0 spiro atoms. The van der Waals surface area contributed by atoms with Gasteiger partial charge in [-0.25, -0.2) is 0 Å². The van der Waals surface area contributed by atoms with Gasteiger partial charge in [-0.15, -0.1) is 0 Å². The van der Waals surface area contributed by atoms with Crippen LogP contribution >= 0.6 is 0 Å². The van der Waals surface area contributed by atoms with Gasteiger partial charge >= 0.3 is 0 Å². The summed E-state index contributed by atoms with van der Waals surface area (Å²) in [5, 5.41) is 11.8. The average Bonchev–Trinajstić information content (AvgIpc) is 2.82. The third-order valence-corrected chi connectivity index (χ3v) is 5.12. The molecule has 160 valence electrons. The summed E-state index contributed by atoms with van der Waals surface area (Å²) in [6.07, 6.45) is 0. The fourth-order valence-electron chi connectivity index (χ4n) is 3.50. The number of nitrogens with one attached hydrogen (secondary N) is 1. The second-order valence-corrected chi connectivity index (χ2v) is 7.10. The number of non-ortho nitro benzene ring substituents is 1. The van der Waals surface area contributed by atoms with Crippen molar-refractivity contribution in [3.63, 3.8) is 0 Å². The number of fused-ring (bicyclic) bond motifs is 1. The molecule has 0 saturated heterocycles. The number of para-hydroxylation sites is 1. The topological polar surface area (TPSA) is 106 Å². The molecule has 1 heterocycles. The zero-order chi connectivity index (χ0) is 22.7. The highest BCUT2D eigenvalue weighted by Crippen LogP contribution is 2.26. The van der Waals surface area contributed by atoms with Crippen LogP contribution in [-0.4, -0.2) is 22.9 Å². The summed E-state index contributed by atoms with van der Waals surface area (Å²) in [6, 6.07) is 21.2. The van der Waals surface area contributed by atoms with Crippen molar-refractivity contribution in [2.75, 3.05) is 12.0 Å². The molecule has 0 aliphatic rings. The van der Waals surface area contributed by atoms with Crippen LogP contribution < -0.4 is 15.2 Å². The van der Waals surface area contributed by atoms with E-state index in [9.17, 15) is 19.7 Å². The van der Waals surface area contributed by atoms with E-state index in [-0.39, 0.29) is 23.7 Å². The van der Waals surface area contributed by atoms with E-state index in [1.54, 1.807) is 37.4 Å². The maximum Gasteiger partial charge on any atom is 0.269 e. The lowest BCUT2D eigenvalue weighted by Gasteiger charge is -2.24. The van der Waals surface area contributed by atoms with E-state index in [0.29, 0.717) is 28.1 Å². The van der Waals surface area contributed by atoms with Gasteiger partial charge in [0.05, 0.1) is 18.6 Å². The smallest absolute Gasteiger partial charge is 0.269 e. The number of carbonyl (C=O) groups is 1. The lowest BCUT2D eigenvalue weighted by atomic mass is 10.1. The number of aromatic nitrogens is 1. The summed E-state index contributed by atoms with van der Waals surface area (Å²) in [7, 11) is 1.55. The van der Waals surface area contributed by atoms with Gasteiger partial charge in [-0.1, -0.05) is 18.2 Å². The van der Waals surface area contributed by atoms with Gasteiger partial charge in [0.2, 0.25) is 5.56 Å². The Morgan fingerprint density at radius 1 is 1.03 bits per heavy atom. The van der Waals surface area contributed by atoms with Crippen LogP contribution in [0, 0.1) is 10.1 Å². The van der Waals surface area contributed by atoms with Crippen molar-refractivity contribution in [3.05, 3.63) is 110 Å². The van der Waals surface area contributed by atoms with E-state index < -0.39 is 4.92 Å². The van der Waals surface area contributed by atoms with Crippen molar-refractivity contribution in [2.45, 2.75) is 6.54 Å². The Kier molecular flexibility index (Phi) is 5.67. The normalized spacial score (nSPS) is 10.7. The van der Waals surface area contributed by atoms with E-state index >= 15 is 0 Å². The first-order valence-corrected chi connectivity index (χ1v) is 9.77. The predicted octanol–water partition coefficient (Wildman–Crippen LogP) is 4.29. The second kappa shape index (κ2) is 8.73. The van der Waals surface area contributed by atoms with E-state index in [2.05, 4.69) is 4.98 Å². The van der Waals surface area contributed by atoms with Crippen molar-refractivity contribution >= 4 is 28.2 Å². The molecule has 0 aliphatic carbocycles. The lowest BCUT2D eigenvalue weighted by Crippen LogP contribution is -2.31. The molecule has 1 N–H and O–H groups in total. The molecule has 1 aromatic heterocycles. The Balaban J connectivity index is 1.78. The number of rotatable bonds is 6. The van der Waals surface area contributed by atoms with Gasteiger partial charge in [0, 0.05) is 40.4 Å². The molecule has 0 radical (unpaired) electrons. The predicted molar refractivity (Wildman–Crippen MR) is 121 cm³/mol. The molecule has 0 saturated carbocycles. The van der Waals surface area contributed by atoms with Gasteiger partial charge in [0.15, 0.2) is 0 Å². The van der Waals surface area contributed by atoms with Gasteiger partial charge in [-0.05, 0) is 48.0 Å². The van der Waals surface area contributed by atoms with E-state index in [1.165, 1.54) is 35.2 Å². The van der Waals surface area contributed by atoms with Crippen molar-refractivity contribution in [2.24, 2.45) is 0 Å². The first-order valence-electron chi connectivity index (χ1n) is 9.77. The summed E-state index contributed by atoms with van der Waals surface area (Å²) >= 11 is 0. The molecule has 0 fully saturated rings. The zero-order valence-corrected chi connectivity index (χ0v) is 17.1. The number of H-pyrrole nitrogens is 1. The maximum absolute atomic E-state index is 13.4. The number of benzene rings is 3. The molecule has 4 rings (SSSR count). The van der Waals surface area contributed by atoms with Crippen LogP contribution in [0.5, 0.6) is 5.75 Å². The van der Waals surface area contributed by atoms with E-state index in [4.69, 9.17) is 4.74 Å². The highest BCUT2D eigenvalue weighted by atomic mass is 16.6. The number of nitro groups is 1. The number of methoxy groups -OCH3 is 1. The second-order valence-electron chi connectivity index (χ2n) is 7.10. The van der Waals surface area contributed by atoms with Crippen molar-refractivity contribution < 1.29 is 14.5 Å². The van der Waals surface area contributed by atoms with Crippen LogP contribution in [0.15, 0.2) is 83.7 Å². The molecule has 1 amide bonds. The lowest BCUT2D eigenvalue weighted by molar-refractivity contribution is -0.384. The molecule has 32 heavy (non-hydrogen) atoms. The Morgan fingerprint density at radius 3 is 2.38 bits per heavy atom. The van der Waals surface area contributed by atoms with Crippen LogP contribution in [0.1, 0.15) is 15.9 Å². The zero-order valence-electron chi connectivity index (χ0n) is 17.1. The van der Waals surface area contributed by atoms with Crippen LogP contribution in [0.2, 0.25) is 0 Å². The van der Waals surface area contributed by atoms with Crippen LogP contribution in [0.3, 0.4) is 0 Å². The number of ether oxygens (including phenoxy) is 1. The van der Waals surface area contributed by atoms with Crippen LogP contribution in [-0.2, 0) is 6.54 Å². The van der Waals surface area contributed by atoms with E-state index in [1.807, 2.05) is 18.2 Å². The molecular formula is C24H19N3O5. The minimum atomic E-state index is -0.516. The third-order valence-electron chi connectivity index (χ3n) is 5.12. The number of anilines is 1. The van der Waals surface area contributed by atoms with Crippen molar-refractivity contribution in [1.29, 1.82) is 0 Å². The number of hydrogen-bond acceptors (Lipinski definition) is 5. The fourth-order valence-corrected chi connectivity index (χ4v) is 3.50. The molecule has 0 bridgehead atoms. The minimum Gasteiger partial charge on any atom is -0.497 e. The molecule has 8 nitrogen and oxygen atoms in total. The largest absolute Gasteiger partial charge is 0.497 e. The molecule has 0 atom stereocenters. The number of nitro benzene ring substituents is 1.